The highest BCUT2D eigenvalue weighted by Crippen LogP contribution is 2.29. The molecule has 3 nitrogen and oxygen atoms in total. The van der Waals surface area contributed by atoms with Crippen LogP contribution < -0.4 is 0 Å². The zero-order chi connectivity index (χ0) is 11.0. The maximum atomic E-state index is 4.05. The summed E-state index contributed by atoms with van der Waals surface area (Å²) in [6.45, 7) is 0. The molecule has 0 fully saturated rings. The Bertz CT molecular complexity index is 543. The third kappa shape index (κ3) is 1.59. The number of halogens is 1. The van der Waals surface area contributed by atoms with Crippen LogP contribution >= 0.6 is 15.9 Å². The molecule has 0 saturated heterocycles. The first kappa shape index (κ1) is 9.78. The Morgan fingerprint density at radius 3 is 3.06 bits per heavy atom. The molecule has 3 rings (SSSR count). The molecule has 4 heteroatoms. The molecule has 0 spiro atoms. The van der Waals surface area contributed by atoms with Gasteiger partial charge in [-0.15, -0.1) is 5.10 Å². The van der Waals surface area contributed by atoms with Crippen molar-refractivity contribution in [2.24, 2.45) is 0 Å². The minimum Gasteiger partial charge on any atom is -0.220 e. The lowest BCUT2D eigenvalue weighted by Crippen LogP contribution is -2.07. The third-order valence-electron chi connectivity index (χ3n) is 2.76. The zero-order valence-electron chi connectivity index (χ0n) is 8.60. The number of hydrogen-bond acceptors (Lipinski definition) is 2. The van der Waals surface area contributed by atoms with Crippen LogP contribution in [0.5, 0.6) is 0 Å². The van der Waals surface area contributed by atoms with Gasteiger partial charge in [0.25, 0.3) is 0 Å². The molecule has 0 N–H and O–H groups in total. The van der Waals surface area contributed by atoms with E-state index in [-0.39, 0.29) is 0 Å². The summed E-state index contributed by atoms with van der Waals surface area (Å²) in [5, 5.41) is 7.90. The summed E-state index contributed by atoms with van der Waals surface area (Å²) in [7, 11) is 0. The van der Waals surface area contributed by atoms with Crippen LogP contribution in [0.1, 0.15) is 17.5 Å². The minimum absolute atomic E-state index is 1.05. The van der Waals surface area contributed by atoms with E-state index in [1.165, 1.54) is 11.1 Å². The molecule has 0 aliphatic heterocycles. The summed E-state index contributed by atoms with van der Waals surface area (Å²) in [5.41, 5.74) is 3.74. The van der Waals surface area contributed by atoms with Crippen molar-refractivity contribution in [1.29, 1.82) is 0 Å². The summed E-state index contributed by atoms with van der Waals surface area (Å²) in [5.74, 6) is 0. The normalized spacial score (nSPS) is 14.4. The van der Waals surface area contributed by atoms with Crippen LogP contribution in [0.25, 0.3) is 5.70 Å². The second kappa shape index (κ2) is 3.87. The number of benzene rings is 1. The fourth-order valence-electron chi connectivity index (χ4n) is 2.05. The molecular weight excluding hydrogens is 266 g/mol. The molecule has 1 aliphatic rings. The third-order valence-corrected chi connectivity index (χ3v) is 3.26. The van der Waals surface area contributed by atoms with Gasteiger partial charge in [-0.25, -0.2) is 4.68 Å². The number of fused-ring (bicyclic) bond motifs is 1. The highest BCUT2D eigenvalue weighted by atomic mass is 79.9. The van der Waals surface area contributed by atoms with E-state index in [0.29, 0.717) is 0 Å². The Hall–Kier alpha value is -1.42. The van der Waals surface area contributed by atoms with Crippen LogP contribution in [0.4, 0.5) is 0 Å². The largest absolute Gasteiger partial charge is 0.220 e. The van der Waals surface area contributed by atoms with Gasteiger partial charge in [-0.3, -0.25) is 0 Å². The lowest BCUT2D eigenvalue weighted by Gasteiger charge is -2.17. The predicted molar refractivity (Wildman–Crippen MR) is 65.9 cm³/mol. The lowest BCUT2D eigenvalue weighted by molar-refractivity contribution is 0.804. The van der Waals surface area contributed by atoms with Gasteiger partial charge >= 0.3 is 0 Å². The molecule has 1 aromatic heterocycles. The highest BCUT2D eigenvalue weighted by molar-refractivity contribution is 9.10. The second-order valence-corrected chi connectivity index (χ2v) is 4.69. The van der Waals surface area contributed by atoms with E-state index in [2.05, 4.69) is 50.5 Å². The fourth-order valence-corrected chi connectivity index (χ4v) is 2.46. The summed E-state index contributed by atoms with van der Waals surface area (Å²) in [6.07, 6.45) is 7.94. The van der Waals surface area contributed by atoms with E-state index in [1.54, 1.807) is 6.20 Å². The molecule has 1 heterocycles. The quantitative estimate of drug-likeness (QED) is 0.801. The standard InChI is InChI=1S/C12H10BrN3/c13-10-4-5-11-9(8-10)2-1-3-12(11)16-7-6-14-15-16/h3-8H,1-2H2. The van der Waals surface area contributed by atoms with Crippen LogP contribution in [0.2, 0.25) is 0 Å². The van der Waals surface area contributed by atoms with Crippen molar-refractivity contribution in [1.82, 2.24) is 15.0 Å². The first-order chi connectivity index (χ1) is 7.84. The molecule has 0 saturated carbocycles. The number of aryl methyl sites for hydroxylation is 1. The molecule has 0 atom stereocenters. The van der Waals surface area contributed by atoms with Crippen molar-refractivity contribution in [3.63, 3.8) is 0 Å². The van der Waals surface area contributed by atoms with Gasteiger partial charge < -0.3 is 0 Å². The van der Waals surface area contributed by atoms with Gasteiger partial charge in [0.15, 0.2) is 0 Å². The monoisotopic (exact) mass is 275 g/mol. The predicted octanol–water partition coefficient (Wildman–Crippen LogP) is 2.88. The molecule has 0 bridgehead atoms. The minimum atomic E-state index is 1.05. The molecule has 1 aromatic carbocycles. The number of aromatic nitrogens is 3. The van der Waals surface area contributed by atoms with Crippen LogP contribution in [-0.2, 0) is 6.42 Å². The summed E-state index contributed by atoms with van der Waals surface area (Å²) in [4.78, 5) is 0. The van der Waals surface area contributed by atoms with Gasteiger partial charge in [-0.05, 0) is 30.5 Å². The summed E-state index contributed by atoms with van der Waals surface area (Å²) >= 11 is 3.50. The fraction of sp³-hybridized carbons (Fsp3) is 0.167. The molecule has 0 radical (unpaired) electrons. The van der Waals surface area contributed by atoms with E-state index in [0.717, 1.165) is 23.0 Å². The zero-order valence-corrected chi connectivity index (χ0v) is 10.2. The Labute approximate surface area is 102 Å². The first-order valence-electron chi connectivity index (χ1n) is 5.20. The highest BCUT2D eigenvalue weighted by Gasteiger charge is 2.14. The first-order valence-corrected chi connectivity index (χ1v) is 5.99. The van der Waals surface area contributed by atoms with Crippen molar-refractivity contribution in [2.75, 3.05) is 0 Å². The SMILES string of the molecule is Brc1ccc2c(c1)CCC=C2n1ccnn1. The number of nitrogens with zero attached hydrogens (tertiary/aromatic N) is 3. The van der Waals surface area contributed by atoms with E-state index >= 15 is 0 Å². The van der Waals surface area contributed by atoms with Gasteiger partial charge in [0.2, 0.25) is 0 Å². The second-order valence-electron chi connectivity index (χ2n) is 3.78. The Balaban J connectivity index is 2.14. The van der Waals surface area contributed by atoms with Crippen molar-refractivity contribution in [3.8, 4) is 0 Å². The van der Waals surface area contributed by atoms with Crippen molar-refractivity contribution >= 4 is 21.6 Å². The molecule has 2 aromatic rings. The molecular formula is C12H10BrN3. The molecule has 16 heavy (non-hydrogen) atoms. The van der Waals surface area contributed by atoms with E-state index in [4.69, 9.17) is 0 Å². The number of rotatable bonds is 1. The maximum Gasteiger partial charge on any atom is 0.0698 e. The van der Waals surface area contributed by atoms with Crippen molar-refractivity contribution in [2.45, 2.75) is 12.8 Å². The Morgan fingerprint density at radius 2 is 2.25 bits per heavy atom. The van der Waals surface area contributed by atoms with E-state index < -0.39 is 0 Å². The van der Waals surface area contributed by atoms with Gasteiger partial charge in [0, 0.05) is 10.0 Å². The van der Waals surface area contributed by atoms with Gasteiger partial charge in [0.05, 0.1) is 18.1 Å². The van der Waals surface area contributed by atoms with Crippen molar-refractivity contribution in [3.05, 3.63) is 52.3 Å². The summed E-state index contributed by atoms with van der Waals surface area (Å²) in [6, 6.07) is 6.38. The maximum absolute atomic E-state index is 4.05. The van der Waals surface area contributed by atoms with E-state index in [1.807, 2.05) is 10.9 Å². The number of allylic oxidation sites excluding steroid dienone is 1. The van der Waals surface area contributed by atoms with E-state index in [9.17, 15) is 0 Å². The average molecular weight is 276 g/mol. The topological polar surface area (TPSA) is 30.7 Å². The smallest absolute Gasteiger partial charge is 0.0698 e. The summed E-state index contributed by atoms with van der Waals surface area (Å²) < 4.78 is 2.96. The molecule has 1 aliphatic carbocycles. The molecule has 0 amide bonds. The molecule has 0 unspecified atom stereocenters. The van der Waals surface area contributed by atoms with Gasteiger partial charge in [-0.2, -0.15) is 0 Å². The lowest BCUT2D eigenvalue weighted by atomic mass is 9.95. The van der Waals surface area contributed by atoms with Crippen LogP contribution in [-0.4, -0.2) is 15.0 Å². The Morgan fingerprint density at radius 1 is 1.31 bits per heavy atom. The van der Waals surface area contributed by atoms with Crippen LogP contribution in [0.3, 0.4) is 0 Å². The van der Waals surface area contributed by atoms with Gasteiger partial charge in [-0.1, -0.05) is 33.3 Å². The van der Waals surface area contributed by atoms with Crippen molar-refractivity contribution < 1.29 is 0 Å². The average Bonchev–Trinajstić information content (AvgIpc) is 2.81. The molecule has 80 valence electrons. The van der Waals surface area contributed by atoms with Crippen LogP contribution in [0, 0.1) is 0 Å². The number of hydrogen-bond donors (Lipinski definition) is 0. The van der Waals surface area contributed by atoms with Crippen LogP contribution in [0.15, 0.2) is 41.1 Å². The Kier molecular flexibility index (Phi) is 2.36. The van der Waals surface area contributed by atoms with Gasteiger partial charge in [0.1, 0.15) is 0 Å².